The number of aromatic nitrogens is 2. The lowest BCUT2D eigenvalue weighted by Crippen LogP contribution is -2.47. The van der Waals surface area contributed by atoms with Gasteiger partial charge in [0, 0.05) is 24.5 Å². The van der Waals surface area contributed by atoms with Crippen molar-refractivity contribution in [3.8, 4) is 17.1 Å². The number of nitrogens with one attached hydrogen (secondary N) is 1. The number of aromatic hydroxyl groups is 1. The first-order chi connectivity index (χ1) is 15.1. The summed E-state index contributed by atoms with van der Waals surface area (Å²) in [6.45, 7) is 3.41. The summed E-state index contributed by atoms with van der Waals surface area (Å²) in [7, 11) is 0. The Hall–Kier alpha value is -3.19. The predicted molar refractivity (Wildman–Crippen MR) is 121 cm³/mol. The van der Waals surface area contributed by atoms with Gasteiger partial charge in [-0.05, 0) is 43.5 Å². The maximum atomic E-state index is 12.1. The molecular weight excluding hydrogens is 392 g/mol. The Labute approximate surface area is 181 Å². The van der Waals surface area contributed by atoms with E-state index in [1.807, 2.05) is 43.3 Å². The van der Waals surface area contributed by atoms with Gasteiger partial charge in [-0.3, -0.25) is 4.79 Å². The zero-order chi connectivity index (χ0) is 21.8. The fraction of sp³-hybridized carbons (Fsp3) is 0.375. The fourth-order valence-electron chi connectivity index (χ4n) is 4.02. The highest BCUT2D eigenvalue weighted by molar-refractivity contribution is 5.91. The number of fused-ring (bicyclic) bond motifs is 1. The van der Waals surface area contributed by atoms with E-state index in [9.17, 15) is 15.0 Å². The van der Waals surface area contributed by atoms with E-state index >= 15 is 0 Å². The number of carbonyl (C=O) groups excluding carboxylic acids is 1. The molecule has 0 aliphatic carbocycles. The SMILES string of the molecule is CCCC(O)C(=O)NC1CCN(c2nc(-c3ccccc3O)nc3ccccc23)CC1. The van der Waals surface area contributed by atoms with Crippen molar-refractivity contribution in [3.63, 3.8) is 0 Å². The van der Waals surface area contributed by atoms with Crippen LogP contribution in [0.4, 0.5) is 5.82 Å². The number of benzene rings is 2. The molecule has 0 spiro atoms. The minimum absolute atomic E-state index is 0.0426. The number of piperidine rings is 1. The summed E-state index contributed by atoms with van der Waals surface area (Å²) in [5.41, 5.74) is 1.42. The van der Waals surface area contributed by atoms with Crippen molar-refractivity contribution in [1.82, 2.24) is 15.3 Å². The Morgan fingerprint density at radius 2 is 1.84 bits per heavy atom. The monoisotopic (exact) mass is 420 g/mol. The number of aliphatic hydroxyl groups excluding tert-OH is 1. The van der Waals surface area contributed by atoms with Crippen LogP contribution in [0.1, 0.15) is 32.6 Å². The Morgan fingerprint density at radius 1 is 1.13 bits per heavy atom. The van der Waals surface area contributed by atoms with Gasteiger partial charge < -0.3 is 20.4 Å². The minimum atomic E-state index is -0.935. The van der Waals surface area contributed by atoms with E-state index in [1.54, 1.807) is 12.1 Å². The third-order valence-electron chi connectivity index (χ3n) is 5.73. The molecular formula is C24H28N4O3. The molecule has 0 saturated carbocycles. The summed E-state index contributed by atoms with van der Waals surface area (Å²) in [6, 6.07) is 15.0. The molecule has 4 rings (SSSR count). The molecule has 162 valence electrons. The maximum absolute atomic E-state index is 12.1. The number of nitrogens with zero attached hydrogens (tertiary/aromatic N) is 3. The molecule has 1 aromatic heterocycles. The highest BCUT2D eigenvalue weighted by atomic mass is 16.3. The lowest BCUT2D eigenvalue weighted by Gasteiger charge is -2.34. The van der Waals surface area contributed by atoms with Gasteiger partial charge in [0.25, 0.3) is 0 Å². The van der Waals surface area contributed by atoms with Crippen molar-refractivity contribution in [2.24, 2.45) is 0 Å². The highest BCUT2D eigenvalue weighted by Gasteiger charge is 2.25. The molecule has 0 bridgehead atoms. The molecule has 2 heterocycles. The van der Waals surface area contributed by atoms with Gasteiger partial charge in [-0.15, -0.1) is 0 Å². The molecule has 1 aliphatic heterocycles. The number of carbonyl (C=O) groups is 1. The average molecular weight is 421 g/mol. The molecule has 31 heavy (non-hydrogen) atoms. The molecule has 1 saturated heterocycles. The van der Waals surface area contributed by atoms with Crippen LogP contribution < -0.4 is 10.2 Å². The lowest BCUT2D eigenvalue weighted by molar-refractivity contribution is -0.130. The van der Waals surface area contributed by atoms with Crippen LogP contribution in [-0.2, 0) is 4.79 Å². The second-order valence-corrected chi connectivity index (χ2v) is 7.98. The van der Waals surface area contributed by atoms with Crippen LogP contribution in [0.5, 0.6) is 5.75 Å². The Balaban J connectivity index is 1.56. The summed E-state index contributed by atoms with van der Waals surface area (Å²) < 4.78 is 0. The number of aliphatic hydroxyl groups is 1. The third-order valence-corrected chi connectivity index (χ3v) is 5.73. The molecule has 1 amide bonds. The zero-order valence-corrected chi connectivity index (χ0v) is 17.7. The molecule has 3 N–H and O–H groups in total. The molecule has 1 atom stereocenters. The standard InChI is InChI=1S/C24H28N4O3/c1-2-7-21(30)24(31)25-16-12-14-28(15-13-16)23-17-8-3-5-10-19(17)26-22(27-23)18-9-4-6-11-20(18)29/h3-6,8-11,16,21,29-30H,2,7,12-15H2,1H3,(H,25,31). The number of phenols is 1. The van der Waals surface area contributed by atoms with Crippen molar-refractivity contribution < 1.29 is 15.0 Å². The second kappa shape index (κ2) is 9.31. The first-order valence-electron chi connectivity index (χ1n) is 10.9. The van der Waals surface area contributed by atoms with Gasteiger partial charge in [0.15, 0.2) is 5.82 Å². The fourth-order valence-corrected chi connectivity index (χ4v) is 4.02. The van der Waals surface area contributed by atoms with Crippen LogP contribution in [0.25, 0.3) is 22.3 Å². The van der Waals surface area contributed by atoms with E-state index in [1.165, 1.54) is 0 Å². The average Bonchev–Trinajstić information content (AvgIpc) is 2.79. The minimum Gasteiger partial charge on any atom is -0.507 e. The summed E-state index contributed by atoms with van der Waals surface area (Å²) in [5.74, 6) is 1.19. The van der Waals surface area contributed by atoms with Gasteiger partial charge in [-0.25, -0.2) is 9.97 Å². The van der Waals surface area contributed by atoms with E-state index in [0.29, 0.717) is 17.8 Å². The van der Waals surface area contributed by atoms with Crippen LogP contribution in [-0.4, -0.2) is 51.3 Å². The van der Waals surface area contributed by atoms with Gasteiger partial charge in [-0.2, -0.15) is 0 Å². The van der Waals surface area contributed by atoms with E-state index in [0.717, 1.165) is 49.1 Å². The number of rotatable bonds is 6. The smallest absolute Gasteiger partial charge is 0.249 e. The zero-order valence-electron chi connectivity index (χ0n) is 17.7. The van der Waals surface area contributed by atoms with Gasteiger partial charge >= 0.3 is 0 Å². The number of anilines is 1. The number of amides is 1. The van der Waals surface area contributed by atoms with Gasteiger partial charge in [-0.1, -0.05) is 37.6 Å². The van der Waals surface area contributed by atoms with Crippen LogP contribution in [0.2, 0.25) is 0 Å². The summed E-state index contributed by atoms with van der Waals surface area (Å²) in [6.07, 6.45) is 1.86. The Bertz CT molecular complexity index is 1060. The number of hydrogen-bond donors (Lipinski definition) is 3. The Kier molecular flexibility index (Phi) is 6.32. The molecule has 0 radical (unpaired) electrons. The Morgan fingerprint density at radius 3 is 2.58 bits per heavy atom. The summed E-state index contributed by atoms with van der Waals surface area (Å²) in [4.78, 5) is 23.8. The van der Waals surface area contributed by atoms with Crippen molar-refractivity contribution in [2.75, 3.05) is 18.0 Å². The van der Waals surface area contributed by atoms with Crippen LogP contribution >= 0.6 is 0 Å². The summed E-state index contributed by atoms with van der Waals surface area (Å²) >= 11 is 0. The molecule has 7 nitrogen and oxygen atoms in total. The quantitative estimate of drug-likeness (QED) is 0.566. The number of phenolic OH excluding ortho intramolecular Hbond substituents is 1. The topological polar surface area (TPSA) is 98.6 Å². The van der Waals surface area contributed by atoms with E-state index in [4.69, 9.17) is 4.98 Å². The molecule has 1 fully saturated rings. The van der Waals surface area contributed by atoms with Crippen LogP contribution in [0.3, 0.4) is 0 Å². The van der Waals surface area contributed by atoms with Crippen LogP contribution in [0, 0.1) is 0 Å². The number of hydrogen-bond acceptors (Lipinski definition) is 6. The normalized spacial score (nSPS) is 15.7. The number of para-hydroxylation sites is 2. The second-order valence-electron chi connectivity index (χ2n) is 7.98. The van der Waals surface area contributed by atoms with Crippen molar-refractivity contribution in [1.29, 1.82) is 0 Å². The van der Waals surface area contributed by atoms with Gasteiger partial charge in [0.05, 0.1) is 11.1 Å². The predicted octanol–water partition coefficient (Wildman–Crippen LogP) is 3.25. The van der Waals surface area contributed by atoms with E-state index in [2.05, 4.69) is 15.2 Å². The molecule has 1 aliphatic rings. The lowest BCUT2D eigenvalue weighted by atomic mass is 10.0. The van der Waals surface area contributed by atoms with Crippen molar-refractivity contribution >= 4 is 22.6 Å². The van der Waals surface area contributed by atoms with E-state index < -0.39 is 6.10 Å². The van der Waals surface area contributed by atoms with Crippen LogP contribution in [0.15, 0.2) is 48.5 Å². The maximum Gasteiger partial charge on any atom is 0.249 e. The molecule has 7 heteroatoms. The van der Waals surface area contributed by atoms with Crippen molar-refractivity contribution in [2.45, 2.75) is 44.8 Å². The molecule has 1 unspecified atom stereocenters. The molecule has 2 aromatic carbocycles. The molecule has 3 aromatic rings. The van der Waals surface area contributed by atoms with Gasteiger partial charge in [0.2, 0.25) is 5.91 Å². The first kappa shape index (κ1) is 21.1. The van der Waals surface area contributed by atoms with Crippen molar-refractivity contribution in [3.05, 3.63) is 48.5 Å². The third kappa shape index (κ3) is 4.61. The van der Waals surface area contributed by atoms with E-state index in [-0.39, 0.29) is 17.7 Å². The first-order valence-corrected chi connectivity index (χ1v) is 10.9. The highest BCUT2D eigenvalue weighted by Crippen LogP contribution is 2.32. The largest absolute Gasteiger partial charge is 0.507 e. The van der Waals surface area contributed by atoms with Gasteiger partial charge in [0.1, 0.15) is 17.7 Å². The summed E-state index contributed by atoms with van der Waals surface area (Å²) in [5, 5.41) is 24.1.